The molecule has 0 unspecified atom stereocenters. The van der Waals surface area contributed by atoms with Crippen LogP contribution >= 0.6 is 0 Å². The summed E-state index contributed by atoms with van der Waals surface area (Å²) in [5, 5.41) is 9.79. The topological polar surface area (TPSA) is 85.3 Å². The van der Waals surface area contributed by atoms with Crippen LogP contribution in [0.1, 0.15) is 39.6 Å². The average Bonchev–Trinajstić information content (AvgIpc) is 2.79. The molecule has 1 N–H and O–H groups in total. The van der Waals surface area contributed by atoms with E-state index in [1.54, 1.807) is 12.1 Å². The van der Waals surface area contributed by atoms with Crippen LogP contribution in [0.15, 0.2) is 42.5 Å². The summed E-state index contributed by atoms with van der Waals surface area (Å²) >= 11 is 0. The first-order valence-corrected chi connectivity index (χ1v) is 10.6. The number of aldehydes is 1. The fraction of sp³-hybridized carbons (Fsp3) is 0.417. The van der Waals surface area contributed by atoms with Crippen molar-refractivity contribution >= 4 is 12.2 Å². The number of hydrogen-bond donors (Lipinski definition) is 1. The van der Waals surface area contributed by atoms with E-state index >= 15 is 0 Å². The van der Waals surface area contributed by atoms with E-state index < -0.39 is 0 Å². The summed E-state index contributed by atoms with van der Waals surface area (Å²) in [5.41, 5.74) is 1.78. The number of aromatic hydroxyl groups is 1. The Bertz CT molecular complexity index is 884. The third-order valence-corrected chi connectivity index (χ3v) is 5.33. The molecule has 166 valence electrons. The molecule has 2 aromatic rings. The highest BCUT2D eigenvalue weighted by Gasteiger charge is 2.29. The molecule has 1 aliphatic heterocycles. The van der Waals surface area contributed by atoms with Crippen LogP contribution < -0.4 is 4.74 Å². The van der Waals surface area contributed by atoms with Gasteiger partial charge in [-0.2, -0.15) is 0 Å². The lowest BCUT2D eigenvalue weighted by molar-refractivity contribution is -0.00750. The summed E-state index contributed by atoms with van der Waals surface area (Å²) in [5.74, 6) is 0.186. The van der Waals surface area contributed by atoms with Crippen molar-refractivity contribution in [2.45, 2.75) is 25.8 Å². The minimum absolute atomic E-state index is 0.0219. The molecule has 0 aromatic heterocycles. The Hall–Kier alpha value is -2.90. The average molecular weight is 427 g/mol. The van der Waals surface area contributed by atoms with Crippen LogP contribution in [0.3, 0.4) is 0 Å². The largest absolute Gasteiger partial charge is 0.507 e. The summed E-state index contributed by atoms with van der Waals surface area (Å²) in [6, 6.07) is 12.2. The minimum atomic E-state index is -0.141. The number of carbonyl (C=O) groups excluding carboxylic acids is 2. The van der Waals surface area contributed by atoms with Gasteiger partial charge in [0.25, 0.3) is 5.91 Å². The molecule has 2 aromatic carbocycles. The van der Waals surface area contributed by atoms with E-state index in [0.717, 1.165) is 5.56 Å². The molecule has 0 saturated carbocycles. The fourth-order valence-electron chi connectivity index (χ4n) is 3.67. The zero-order valence-corrected chi connectivity index (χ0v) is 17.8. The van der Waals surface area contributed by atoms with Crippen molar-refractivity contribution in [3.05, 3.63) is 59.2 Å². The van der Waals surface area contributed by atoms with Crippen LogP contribution in [-0.4, -0.2) is 67.8 Å². The van der Waals surface area contributed by atoms with Crippen molar-refractivity contribution in [3.8, 4) is 11.5 Å². The van der Waals surface area contributed by atoms with Gasteiger partial charge in [-0.1, -0.05) is 24.3 Å². The second-order valence-corrected chi connectivity index (χ2v) is 7.28. The summed E-state index contributed by atoms with van der Waals surface area (Å²) in [4.78, 5) is 26.4. The smallest absolute Gasteiger partial charge is 0.254 e. The minimum Gasteiger partial charge on any atom is -0.507 e. The number of ether oxygens (including phenoxy) is 3. The SMILES string of the molecule is CCOCCc1ccccc1C(=O)N1CCOC[C@H]1CCOc1cccc(O)c1C=O. The monoisotopic (exact) mass is 427 g/mol. The summed E-state index contributed by atoms with van der Waals surface area (Å²) in [6.07, 6.45) is 1.80. The number of phenols is 1. The predicted molar refractivity (Wildman–Crippen MR) is 116 cm³/mol. The number of hydrogen-bond acceptors (Lipinski definition) is 6. The van der Waals surface area contributed by atoms with Crippen molar-refractivity contribution in [1.82, 2.24) is 4.90 Å². The van der Waals surface area contributed by atoms with E-state index in [1.807, 2.05) is 36.1 Å². The maximum Gasteiger partial charge on any atom is 0.254 e. The standard InChI is InChI=1S/C24H29NO6/c1-2-29-13-10-18-6-3-4-7-20(18)24(28)25-12-15-30-17-19(25)11-14-31-23-9-5-8-22(27)21(23)16-26/h3-9,16,19,27H,2,10-15,17H2,1H3/t19-/m1/s1. The number of carbonyl (C=O) groups is 2. The highest BCUT2D eigenvalue weighted by atomic mass is 16.5. The second kappa shape index (κ2) is 11.5. The fourth-order valence-corrected chi connectivity index (χ4v) is 3.67. The van der Waals surface area contributed by atoms with Crippen molar-refractivity contribution in [2.75, 3.05) is 39.6 Å². The summed E-state index contributed by atoms with van der Waals surface area (Å²) < 4.78 is 16.8. The molecule has 31 heavy (non-hydrogen) atoms. The van der Waals surface area contributed by atoms with Gasteiger partial charge in [-0.25, -0.2) is 0 Å². The molecule has 1 atom stereocenters. The molecule has 0 spiro atoms. The summed E-state index contributed by atoms with van der Waals surface area (Å²) in [6.45, 7) is 4.88. The first kappa shape index (κ1) is 22.8. The van der Waals surface area contributed by atoms with E-state index in [0.29, 0.717) is 63.4 Å². The number of morpholine rings is 1. The van der Waals surface area contributed by atoms with Crippen LogP contribution in [0, 0.1) is 0 Å². The van der Waals surface area contributed by atoms with E-state index in [2.05, 4.69) is 0 Å². The van der Waals surface area contributed by atoms with Gasteiger partial charge in [0.1, 0.15) is 11.5 Å². The van der Waals surface area contributed by atoms with E-state index in [-0.39, 0.29) is 29.9 Å². The van der Waals surface area contributed by atoms with Gasteiger partial charge in [0.2, 0.25) is 0 Å². The lowest BCUT2D eigenvalue weighted by Crippen LogP contribution is -2.49. The first-order valence-electron chi connectivity index (χ1n) is 10.6. The lowest BCUT2D eigenvalue weighted by atomic mass is 10.0. The number of rotatable bonds is 10. The zero-order valence-electron chi connectivity index (χ0n) is 17.8. The van der Waals surface area contributed by atoms with Crippen LogP contribution in [0.25, 0.3) is 0 Å². The molecule has 0 aliphatic carbocycles. The van der Waals surface area contributed by atoms with Crippen LogP contribution in [0.5, 0.6) is 11.5 Å². The molecular formula is C24H29NO6. The highest BCUT2D eigenvalue weighted by Crippen LogP contribution is 2.26. The Kier molecular flexibility index (Phi) is 8.44. The molecule has 1 saturated heterocycles. The maximum atomic E-state index is 13.4. The Labute approximate surface area is 182 Å². The molecule has 1 fully saturated rings. The molecule has 1 amide bonds. The van der Waals surface area contributed by atoms with Gasteiger partial charge in [0.15, 0.2) is 6.29 Å². The van der Waals surface area contributed by atoms with Gasteiger partial charge >= 0.3 is 0 Å². The molecule has 7 nitrogen and oxygen atoms in total. The van der Waals surface area contributed by atoms with E-state index in [1.165, 1.54) is 6.07 Å². The number of amides is 1. The molecule has 3 rings (SSSR count). The molecule has 1 heterocycles. The highest BCUT2D eigenvalue weighted by molar-refractivity contribution is 5.96. The molecule has 1 aliphatic rings. The Morgan fingerprint density at radius 3 is 2.87 bits per heavy atom. The predicted octanol–water partition coefficient (Wildman–Crippen LogP) is 3.09. The maximum absolute atomic E-state index is 13.4. The Morgan fingerprint density at radius 2 is 2.06 bits per heavy atom. The van der Waals surface area contributed by atoms with Crippen molar-refractivity contribution in [1.29, 1.82) is 0 Å². The Morgan fingerprint density at radius 1 is 1.23 bits per heavy atom. The number of phenolic OH excluding ortho intramolecular Hbond substituents is 1. The molecule has 7 heteroatoms. The number of nitrogens with zero attached hydrogens (tertiary/aromatic N) is 1. The molecule has 0 radical (unpaired) electrons. The quantitative estimate of drug-likeness (QED) is 0.463. The summed E-state index contributed by atoms with van der Waals surface area (Å²) in [7, 11) is 0. The second-order valence-electron chi connectivity index (χ2n) is 7.28. The van der Waals surface area contributed by atoms with Gasteiger partial charge in [-0.05, 0) is 37.1 Å². The van der Waals surface area contributed by atoms with E-state index in [9.17, 15) is 14.7 Å². The van der Waals surface area contributed by atoms with Gasteiger partial charge in [0.05, 0.1) is 38.0 Å². The van der Waals surface area contributed by atoms with Gasteiger partial charge in [-0.15, -0.1) is 0 Å². The van der Waals surface area contributed by atoms with Crippen LogP contribution in [0.2, 0.25) is 0 Å². The zero-order chi connectivity index (χ0) is 22.1. The molecular weight excluding hydrogens is 398 g/mol. The third kappa shape index (κ3) is 5.83. The van der Waals surface area contributed by atoms with Gasteiger partial charge in [0, 0.05) is 25.1 Å². The molecule has 0 bridgehead atoms. The Balaban J connectivity index is 1.66. The van der Waals surface area contributed by atoms with Crippen LogP contribution in [0.4, 0.5) is 0 Å². The number of benzene rings is 2. The van der Waals surface area contributed by atoms with Gasteiger partial charge in [-0.3, -0.25) is 9.59 Å². The first-order chi connectivity index (χ1) is 15.2. The van der Waals surface area contributed by atoms with Crippen LogP contribution in [-0.2, 0) is 15.9 Å². The van der Waals surface area contributed by atoms with Gasteiger partial charge < -0.3 is 24.2 Å². The van der Waals surface area contributed by atoms with E-state index in [4.69, 9.17) is 14.2 Å². The van der Waals surface area contributed by atoms with Crippen molar-refractivity contribution < 1.29 is 28.9 Å². The normalized spacial score (nSPS) is 16.2. The third-order valence-electron chi connectivity index (χ3n) is 5.33. The van der Waals surface area contributed by atoms with Crippen molar-refractivity contribution in [2.24, 2.45) is 0 Å². The van der Waals surface area contributed by atoms with Crippen molar-refractivity contribution in [3.63, 3.8) is 0 Å². The lowest BCUT2D eigenvalue weighted by Gasteiger charge is -2.36.